The van der Waals surface area contributed by atoms with Crippen LogP contribution in [-0.2, 0) is 0 Å². The highest BCUT2D eigenvalue weighted by Gasteiger charge is 2.19. The summed E-state index contributed by atoms with van der Waals surface area (Å²) in [6, 6.07) is 18.1. The Morgan fingerprint density at radius 3 is 2.58 bits per heavy atom. The van der Waals surface area contributed by atoms with Crippen molar-refractivity contribution in [3.05, 3.63) is 66.5 Å². The number of nitrogens with zero attached hydrogens (tertiary/aromatic N) is 3. The van der Waals surface area contributed by atoms with Gasteiger partial charge in [-0.15, -0.1) is 5.10 Å². The van der Waals surface area contributed by atoms with Gasteiger partial charge >= 0.3 is 0 Å². The number of aromatic nitrogens is 3. The molecule has 26 heavy (non-hydrogen) atoms. The van der Waals surface area contributed by atoms with Gasteiger partial charge in [0.05, 0.1) is 12.2 Å². The van der Waals surface area contributed by atoms with Gasteiger partial charge in [-0.25, -0.2) is 4.68 Å². The largest absolute Gasteiger partial charge is 0.320 e. The Bertz CT molecular complexity index is 884. The maximum absolute atomic E-state index is 12.7. The SMILES string of the molecule is O=C(Nc1ccccc1-c1ccccc1)c1cn(C2CCNCC2)nn1. The lowest BCUT2D eigenvalue weighted by molar-refractivity contribution is 0.102. The van der Waals surface area contributed by atoms with Crippen LogP contribution in [0.3, 0.4) is 0 Å². The maximum atomic E-state index is 12.7. The highest BCUT2D eigenvalue weighted by Crippen LogP contribution is 2.28. The molecule has 132 valence electrons. The zero-order valence-electron chi connectivity index (χ0n) is 14.4. The lowest BCUT2D eigenvalue weighted by Crippen LogP contribution is -2.29. The third kappa shape index (κ3) is 3.50. The van der Waals surface area contributed by atoms with Crippen LogP contribution in [0.2, 0.25) is 0 Å². The van der Waals surface area contributed by atoms with Crippen molar-refractivity contribution >= 4 is 11.6 Å². The fraction of sp³-hybridized carbons (Fsp3) is 0.250. The average molecular weight is 347 g/mol. The Morgan fingerprint density at radius 1 is 1.04 bits per heavy atom. The molecule has 0 bridgehead atoms. The van der Waals surface area contributed by atoms with Gasteiger partial charge in [-0.3, -0.25) is 4.79 Å². The maximum Gasteiger partial charge on any atom is 0.277 e. The molecular formula is C20H21N5O. The third-order valence-electron chi connectivity index (χ3n) is 4.69. The lowest BCUT2D eigenvalue weighted by Gasteiger charge is -2.22. The molecule has 1 amide bonds. The molecule has 0 aliphatic carbocycles. The van der Waals surface area contributed by atoms with E-state index in [1.807, 2.05) is 59.3 Å². The standard InChI is InChI=1S/C20H21N5O/c26-20(19-14-25(24-23-19)16-10-12-21-13-11-16)22-18-9-5-4-8-17(18)15-6-2-1-3-7-15/h1-9,14,16,21H,10-13H2,(H,22,26). The third-order valence-corrected chi connectivity index (χ3v) is 4.69. The van der Waals surface area contributed by atoms with E-state index in [-0.39, 0.29) is 5.91 Å². The van der Waals surface area contributed by atoms with Gasteiger partial charge in [0.25, 0.3) is 5.91 Å². The molecule has 3 aromatic rings. The van der Waals surface area contributed by atoms with Crippen LogP contribution in [0.5, 0.6) is 0 Å². The first kappa shape index (κ1) is 16.5. The molecule has 1 aliphatic heterocycles. The minimum absolute atomic E-state index is 0.242. The molecule has 0 spiro atoms. The summed E-state index contributed by atoms with van der Waals surface area (Å²) < 4.78 is 1.82. The lowest BCUT2D eigenvalue weighted by atomic mass is 10.0. The van der Waals surface area contributed by atoms with E-state index in [1.165, 1.54) is 0 Å². The first-order valence-electron chi connectivity index (χ1n) is 8.89. The van der Waals surface area contributed by atoms with E-state index in [4.69, 9.17) is 0 Å². The second-order valence-electron chi connectivity index (χ2n) is 6.43. The normalized spacial score (nSPS) is 14.9. The molecule has 2 heterocycles. The quantitative estimate of drug-likeness (QED) is 0.761. The molecule has 0 atom stereocenters. The van der Waals surface area contributed by atoms with Crippen molar-refractivity contribution < 1.29 is 4.79 Å². The van der Waals surface area contributed by atoms with E-state index in [2.05, 4.69) is 20.9 Å². The number of rotatable bonds is 4. The second-order valence-corrected chi connectivity index (χ2v) is 6.43. The van der Waals surface area contributed by atoms with Gasteiger partial charge in [-0.2, -0.15) is 0 Å². The topological polar surface area (TPSA) is 71.8 Å². The van der Waals surface area contributed by atoms with Crippen molar-refractivity contribution in [2.75, 3.05) is 18.4 Å². The van der Waals surface area contributed by atoms with Crippen molar-refractivity contribution in [2.24, 2.45) is 0 Å². The van der Waals surface area contributed by atoms with Crippen molar-refractivity contribution in [1.82, 2.24) is 20.3 Å². The zero-order chi connectivity index (χ0) is 17.8. The molecule has 0 unspecified atom stereocenters. The molecule has 4 rings (SSSR count). The summed E-state index contributed by atoms with van der Waals surface area (Å²) in [7, 11) is 0. The molecule has 1 fully saturated rings. The molecule has 2 aromatic carbocycles. The number of nitrogens with one attached hydrogen (secondary N) is 2. The van der Waals surface area contributed by atoms with Gasteiger partial charge in [0, 0.05) is 11.3 Å². The molecule has 0 saturated carbocycles. The summed E-state index contributed by atoms with van der Waals surface area (Å²) in [5, 5.41) is 14.5. The van der Waals surface area contributed by atoms with E-state index in [1.54, 1.807) is 6.20 Å². The predicted octanol–water partition coefficient (Wildman–Crippen LogP) is 3.12. The number of hydrogen-bond donors (Lipinski definition) is 2. The Hall–Kier alpha value is -2.99. The number of para-hydroxylation sites is 1. The van der Waals surface area contributed by atoms with E-state index in [0.29, 0.717) is 11.7 Å². The van der Waals surface area contributed by atoms with Crippen LogP contribution in [0.15, 0.2) is 60.8 Å². The van der Waals surface area contributed by atoms with Gasteiger partial charge in [0.15, 0.2) is 5.69 Å². The number of carbonyl (C=O) groups excluding carboxylic acids is 1. The van der Waals surface area contributed by atoms with Crippen LogP contribution in [0.25, 0.3) is 11.1 Å². The van der Waals surface area contributed by atoms with Gasteiger partial charge in [0.2, 0.25) is 0 Å². The van der Waals surface area contributed by atoms with Crippen LogP contribution in [0.1, 0.15) is 29.4 Å². The van der Waals surface area contributed by atoms with Crippen molar-refractivity contribution in [3.63, 3.8) is 0 Å². The van der Waals surface area contributed by atoms with E-state index >= 15 is 0 Å². The summed E-state index contributed by atoms with van der Waals surface area (Å²) in [6.45, 7) is 1.94. The highest BCUT2D eigenvalue weighted by atomic mass is 16.2. The summed E-state index contributed by atoms with van der Waals surface area (Å²) in [5.74, 6) is -0.242. The highest BCUT2D eigenvalue weighted by molar-refractivity contribution is 6.04. The van der Waals surface area contributed by atoms with E-state index in [0.717, 1.165) is 42.7 Å². The van der Waals surface area contributed by atoms with Crippen LogP contribution < -0.4 is 10.6 Å². The summed E-state index contributed by atoms with van der Waals surface area (Å²) in [6.07, 6.45) is 3.75. The smallest absolute Gasteiger partial charge is 0.277 e. The number of amides is 1. The molecule has 0 radical (unpaired) electrons. The fourth-order valence-electron chi connectivity index (χ4n) is 3.28. The summed E-state index contributed by atoms with van der Waals surface area (Å²) >= 11 is 0. The Morgan fingerprint density at radius 2 is 1.77 bits per heavy atom. The van der Waals surface area contributed by atoms with Gasteiger partial charge < -0.3 is 10.6 Å². The first-order chi connectivity index (χ1) is 12.8. The minimum Gasteiger partial charge on any atom is -0.320 e. The van der Waals surface area contributed by atoms with Crippen molar-refractivity contribution in [3.8, 4) is 11.1 Å². The zero-order valence-corrected chi connectivity index (χ0v) is 14.4. The van der Waals surface area contributed by atoms with Gasteiger partial charge in [-0.1, -0.05) is 53.7 Å². The predicted molar refractivity (Wildman–Crippen MR) is 101 cm³/mol. The van der Waals surface area contributed by atoms with E-state index < -0.39 is 0 Å². The molecule has 1 saturated heterocycles. The number of piperidine rings is 1. The second kappa shape index (κ2) is 7.49. The molecule has 6 nitrogen and oxygen atoms in total. The minimum atomic E-state index is -0.242. The molecule has 1 aromatic heterocycles. The van der Waals surface area contributed by atoms with Crippen molar-refractivity contribution in [1.29, 1.82) is 0 Å². The summed E-state index contributed by atoms with van der Waals surface area (Å²) in [5.41, 5.74) is 3.14. The first-order valence-corrected chi connectivity index (χ1v) is 8.89. The summed E-state index contributed by atoms with van der Waals surface area (Å²) in [4.78, 5) is 12.7. The number of carbonyl (C=O) groups is 1. The molecule has 6 heteroatoms. The number of benzene rings is 2. The van der Waals surface area contributed by atoms with E-state index in [9.17, 15) is 4.79 Å². The number of anilines is 1. The Labute approximate surface area is 152 Å². The number of hydrogen-bond acceptors (Lipinski definition) is 4. The Kier molecular flexibility index (Phi) is 4.75. The van der Waals surface area contributed by atoms with Gasteiger partial charge in [-0.05, 0) is 37.6 Å². The average Bonchev–Trinajstić information content (AvgIpc) is 3.20. The van der Waals surface area contributed by atoms with Gasteiger partial charge in [0.1, 0.15) is 0 Å². The molecule has 1 aliphatic rings. The molecule has 2 N–H and O–H groups in total. The Balaban J connectivity index is 1.53. The van der Waals surface area contributed by atoms with Crippen LogP contribution in [0.4, 0.5) is 5.69 Å². The van der Waals surface area contributed by atoms with Crippen LogP contribution in [0, 0.1) is 0 Å². The molecular weight excluding hydrogens is 326 g/mol. The fourth-order valence-corrected chi connectivity index (χ4v) is 3.28. The monoisotopic (exact) mass is 347 g/mol. The van der Waals surface area contributed by atoms with Crippen LogP contribution >= 0.6 is 0 Å². The van der Waals surface area contributed by atoms with Crippen molar-refractivity contribution in [2.45, 2.75) is 18.9 Å². The van der Waals surface area contributed by atoms with Crippen LogP contribution in [-0.4, -0.2) is 34.0 Å².